The molecular weight excluding hydrogens is 506 g/mol. The summed E-state index contributed by atoms with van der Waals surface area (Å²) in [6.45, 7) is 0.622. The first kappa shape index (κ1) is 25.4. The summed E-state index contributed by atoms with van der Waals surface area (Å²) >= 11 is 0. The molecule has 2 aromatic carbocycles. The minimum Gasteiger partial charge on any atom is -0.501 e. The normalized spacial score (nSPS) is 16.6. The molecule has 0 saturated carbocycles. The van der Waals surface area contributed by atoms with Gasteiger partial charge in [0.05, 0.1) is 54.3 Å². The number of carbonyl (C=O) groups is 2. The number of imide groups is 1. The number of hydrogen-bond acceptors (Lipinski definition) is 7. The fourth-order valence-electron chi connectivity index (χ4n) is 5.30. The van der Waals surface area contributed by atoms with E-state index in [1.165, 1.54) is 4.90 Å². The first-order valence-corrected chi connectivity index (χ1v) is 13.1. The Hall–Kier alpha value is -4.92. The second-order valence-electron chi connectivity index (χ2n) is 9.85. The zero-order valence-corrected chi connectivity index (χ0v) is 22.6. The van der Waals surface area contributed by atoms with Crippen LogP contribution >= 0.6 is 0 Å². The number of carbonyl (C=O) groups excluding carboxylic acids is 2. The molecule has 1 atom stereocenters. The van der Waals surface area contributed by atoms with Crippen molar-refractivity contribution in [3.63, 3.8) is 0 Å². The van der Waals surface area contributed by atoms with E-state index in [1.807, 2.05) is 60.4 Å². The van der Waals surface area contributed by atoms with Crippen LogP contribution in [-0.4, -0.2) is 64.6 Å². The van der Waals surface area contributed by atoms with E-state index in [9.17, 15) is 9.59 Å². The van der Waals surface area contributed by atoms with Crippen LogP contribution in [0.15, 0.2) is 90.8 Å². The monoisotopic (exact) mass is 535 g/mol. The smallest absolute Gasteiger partial charge is 0.261 e. The van der Waals surface area contributed by atoms with E-state index in [0.717, 1.165) is 33.7 Å². The second-order valence-corrected chi connectivity index (χ2v) is 9.85. The largest absolute Gasteiger partial charge is 0.501 e. The van der Waals surface area contributed by atoms with Gasteiger partial charge in [0.25, 0.3) is 11.8 Å². The van der Waals surface area contributed by atoms with Crippen molar-refractivity contribution in [1.29, 1.82) is 0 Å². The lowest BCUT2D eigenvalue weighted by molar-refractivity contribution is 0.0657. The van der Waals surface area contributed by atoms with Gasteiger partial charge in [0, 0.05) is 56.3 Å². The van der Waals surface area contributed by atoms with Gasteiger partial charge in [-0.25, -0.2) is 4.98 Å². The van der Waals surface area contributed by atoms with E-state index >= 15 is 0 Å². The van der Waals surface area contributed by atoms with Gasteiger partial charge in [0.2, 0.25) is 0 Å². The third kappa shape index (κ3) is 4.59. The maximum atomic E-state index is 13.1. The van der Waals surface area contributed by atoms with Crippen LogP contribution in [0.2, 0.25) is 0 Å². The molecule has 1 unspecified atom stereocenters. The van der Waals surface area contributed by atoms with Gasteiger partial charge in [0.15, 0.2) is 0 Å². The third-order valence-electron chi connectivity index (χ3n) is 7.40. The van der Waals surface area contributed by atoms with Gasteiger partial charge in [-0.05, 0) is 42.5 Å². The van der Waals surface area contributed by atoms with E-state index < -0.39 is 0 Å². The highest BCUT2D eigenvalue weighted by molar-refractivity contribution is 6.21. The molecule has 9 nitrogen and oxygen atoms in total. The number of rotatable bonds is 8. The number of aromatic nitrogens is 3. The summed E-state index contributed by atoms with van der Waals surface area (Å²) in [6, 6.07) is 14.7. The van der Waals surface area contributed by atoms with Crippen molar-refractivity contribution < 1.29 is 19.1 Å². The molecule has 2 aliphatic rings. The molecule has 1 aliphatic heterocycles. The summed E-state index contributed by atoms with van der Waals surface area (Å²) in [5.74, 6) is 0.922. The Morgan fingerprint density at radius 1 is 1.00 bits per heavy atom. The van der Waals surface area contributed by atoms with Crippen LogP contribution in [-0.2, 0) is 16.5 Å². The predicted octanol–water partition coefficient (Wildman–Crippen LogP) is 4.57. The molecular formula is C31H29N5O4. The summed E-state index contributed by atoms with van der Waals surface area (Å²) in [5, 5.41) is 0. The van der Waals surface area contributed by atoms with Gasteiger partial charge >= 0.3 is 0 Å². The number of fused-ring (bicyclic) bond motifs is 2. The lowest BCUT2D eigenvalue weighted by atomic mass is 10.0. The zero-order valence-electron chi connectivity index (χ0n) is 22.6. The van der Waals surface area contributed by atoms with Crippen LogP contribution in [0.4, 0.5) is 5.69 Å². The van der Waals surface area contributed by atoms with E-state index in [0.29, 0.717) is 29.9 Å². The molecule has 0 fully saturated rings. The van der Waals surface area contributed by atoms with Gasteiger partial charge < -0.3 is 18.9 Å². The number of allylic oxidation sites excluding steroid dienone is 1. The number of methoxy groups -OCH3 is 2. The van der Waals surface area contributed by atoms with E-state index in [-0.39, 0.29) is 24.4 Å². The molecule has 0 saturated heterocycles. The molecule has 202 valence electrons. The fraction of sp³-hybridized carbons (Fsp3) is 0.226. The van der Waals surface area contributed by atoms with Crippen molar-refractivity contribution in [3.8, 4) is 11.3 Å². The lowest BCUT2D eigenvalue weighted by Crippen LogP contribution is -2.43. The van der Waals surface area contributed by atoms with E-state index in [4.69, 9.17) is 14.5 Å². The van der Waals surface area contributed by atoms with Gasteiger partial charge in [-0.1, -0.05) is 12.1 Å². The highest BCUT2D eigenvalue weighted by atomic mass is 16.5. The Morgan fingerprint density at radius 3 is 2.45 bits per heavy atom. The van der Waals surface area contributed by atoms with Crippen LogP contribution in [0.5, 0.6) is 0 Å². The van der Waals surface area contributed by atoms with Crippen LogP contribution < -0.4 is 4.90 Å². The highest BCUT2D eigenvalue weighted by Crippen LogP contribution is 2.30. The number of ether oxygens (including phenoxy) is 2. The van der Waals surface area contributed by atoms with Crippen LogP contribution in [0.3, 0.4) is 0 Å². The van der Waals surface area contributed by atoms with Crippen molar-refractivity contribution in [2.45, 2.75) is 12.5 Å². The second kappa shape index (κ2) is 10.3. The van der Waals surface area contributed by atoms with Crippen LogP contribution in [0.1, 0.15) is 27.1 Å². The van der Waals surface area contributed by atoms with E-state index in [2.05, 4.69) is 9.88 Å². The number of amides is 2. The summed E-state index contributed by atoms with van der Waals surface area (Å²) < 4.78 is 13.1. The first-order chi connectivity index (χ1) is 19.4. The Kier molecular flexibility index (Phi) is 6.55. The number of hydrogen-bond donors (Lipinski definition) is 0. The molecule has 0 radical (unpaired) electrons. The molecule has 2 aromatic heterocycles. The number of benzene rings is 2. The molecule has 0 bridgehead atoms. The molecule has 0 N–H and O–H groups in total. The molecule has 9 heteroatoms. The van der Waals surface area contributed by atoms with E-state index in [1.54, 1.807) is 44.7 Å². The molecule has 2 amide bonds. The van der Waals surface area contributed by atoms with Gasteiger partial charge in [-0.3, -0.25) is 19.5 Å². The Labute approximate surface area is 232 Å². The van der Waals surface area contributed by atoms with Gasteiger partial charge in [0.1, 0.15) is 11.5 Å². The number of aryl methyl sites for hydroxylation is 1. The summed E-state index contributed by atoms with van der Waals surface area (Å²) in [7, 11) is 5.23. The summed E-state index contributed by atoms with van der Waals surface area (Å²) in [6.07, 6.45) is 10.3. The summed E-state index contributed by atoms with van der Waals surface area (Å²) in [5.41, 5.74) is 5.07. The van der Waals surface area contributed by atoms with Crippen molar-refractivity contribution in [1.82, 2.24) is 19.4 Å². The minimum absolute atomic E-state index is 0.146. The SMILES string of the molecule is COC1=CC(N(CCN2C(=O)c3ccccc3C2=O)c2ccc3ncc(-c4ccn(C)c4)nc3c2)CC(OC)=C1. The highest BCUT2D eigenvalue weighted by Gasteiger charge is 2.35. The number of nitrogens with zero attached hydrogens (tertiary/aromatic N) is 5. The van der Waals surface area contributed by atoms with Gasteiger partial charge in [-0.2, -0.15) is 0 Å². The summed E-state index contributed by atoms with van der Waals surface area (Å²) in [4.78, 5) is 39.2. The average Bonchev–Trinajstić information content (AvgIpc) is 3.53. The fourth-order valence-corrected chi connectivity index (χ4v) is 5.30. The molecule has 6 rings (SSSR count). The van der Waals surface area contributed by atoms with Crippen molar-refractivity contribution >= 4 is 28.5 Å². The quantitative estimate of drug-likeness (QED) is 0.305. The Balaban J connectivity index is 1.36. The lowest BCUT2D eigenvalue weighted by Gasteiger charge is -2.35. The molecule has 0 spiro atoms. The first-order valence-electron chi connectivity index (χ1n) is 13.1. The number of anilines is 1. The van der Waals surface area contributed by atoms with Crippen molar-refractivity contribution in [2.75, 3.05) is 32.2 Å². The van der Waals surface area contributed by atoms with Crippen LogP contribution in [0, 0.1) is 0 Å². The predicted molar refractivity (Wildman–Crippen MR) is 152 cm³/mol. The standard InChI is InChI=1S/C31H29N5O4/c1-34-11-10-20(19-34)29-18-32-27-9-8-21(16-28(27)33-29)35(22-14-23(39-2)17-24(15-22)40-3)12-13-36-30(37)25-6-4-5-7-26(25)31(36)38/h4-11,14,16-19,22H,12-13,15H2,1-3H3. The maximum absolute atomic E-state index is 13.1. The van der Waals surface area contributed by atoms with Crippen molar-refractivity contribution in [3.05, 3.63) is 102 Å². The minimum atomic E-state index is -0.272. The Morgan fingerprint density at radius 2 is 1.77 bits per heavy atom. The third-order valence-corrected chi connectivity index (χ3v) is 7.40. The molecule has 40 heavy (non-hydrogen) atoms. The maximum Gasteiger partial charge on any atom is 0.261 e. The molecule has 4 aromatic rings. The zero-order chi connectivity index (χ0) is 27.8. The molecule has 1 aliphatic carbocycles. The topological polar surface area (TPSA) is 89.8 Å². The van der Waals surface area contributed by atoms with Gasteiger partial charge in [-0.15, -0.1) is 0 Å². The Bertz CT molecular complexity index is 1650. The average molecular weight is 536 g/mol. The molecule has 3 heterocycles. The van der Waals surface area contributed by atoms with Crippen molar-refractivity contribution in [2.24, 2.45) is 7.05 Å². The van der Waals surface area contributed by atoms with Crippen LogP contribution in [0.25, 0.3) is 22.3 Å².